The van der Waals surface area contributed by atoms with E-state index in [1.165, 1.54) is 13.2 Å². The lowest BCUT2D eigenvalue weighted by molar-refractivity contribution is 0.0168. The van der Waals surface area contributed by atoms with Crippen LogP contribution in [0.1, 0.15) is 50.2 Å². The molecule has 21 heavy (non-hydrogen) atoms. The summed E-state index contributed by atoms with van der Waals surface area (Å²) in [6.45, 7) is 1.08. The van der Waals surface area contributed by atoms with Gasteiger partial charge in [-0.2, -0.15) is 0 Å². The Morgan fingerprint density at radius 2 is 1.86 bits per heavy atom. The second kappa shape index (κ2) is 5.87. The number of nitrogens with two attached hydrogens (primary N) is 1. The number of halogens is 3. The summed E-state index contributed by atoms with van der Waals surface area (Å²) >= 11 is 0. The van der Waals surface area contributed by atoms with E-state index in [9.17, 15) is 13.2 Å². The van der Waals surface area contributed by atoms with Gasteiger partial charge in [-0.3, -0.25) is 0 Å². The van der Waals surface area contributed by atoms with Crippen molar-refractivity contribution >= 4 is 0 Å². The molecule has 0 spiro atoms. The Balaban J connectivity index is 2.61. The Bertz CT molecular complexity index is 505. The second-order valence-electron chi connectivity index (χ2n) is 5.97. The van der Waals surface area contributed by atoms with Gasteiger partial charge < -0.3 is 10.5 Å². The van der Waals surface area contributed by atoms with Crippen LogP contribution in [0.5, 0.6) is 5.75 Å². The van der Waals surface area contributed by atoms with Crippen molar-refractivity contribution in [2.75, 3.05) is 13.7 Å². The van der Waals surface area contributed by atoms with Crippen LogP contribution in [0.25, 0.3) is 0 Å². The van der Waals surface area contributed by atoms with Crippen molar-refractivity contribution < 1.29 is 17.9 Å². The molecule has 0 aromatic heterocycles. The average molecular weight is 301 g/mol. The van der Waals surface area contributed by atoms with Gasteiger partial charge in [0.2, 0.25) is 0 Å². The third-order valence-electron chi connectivity index (χ3n) is 4.53. The molecule has 0 amide bonds. The minimum Gasteiger partial charge on any atom is -0.493 e. The molecule has 2 nitrogen and oxygen atoms in total. The molecule has 1 aliphatic carbocycles. The normalized spacial score (nSPS) is 18.6. The van der Waals surface area contributed by atoms with E-state index < -0.39 is 17.2 Å². The predicted molar refractivity (Wildman–Crippen MR) is 76.3 cm³/mol. The van der Waals surface area contributed by atoms with Crippen LogP contribution in [0.15, 0.2) is 12.1 Å². The Morgan fingerprint density at radius 3 is 2.33 bits per heavy atom. The fourth-order valence-electron chi connectivity index (χ4n) is 3.26. The van der Waals surface area contributed by atoms with Crippen molar-refractivity contribution in [1.82, 2.24) is 0 Å². The second-order valence-corrected chi connectivity index (χ2v) is 5.97. The molecule has 0 aliphatic heterocycles. The monoisotopic (exact) mass is 301 g/mol. The first-order valence-electron chi connectivity index (χ1n) is 7.30. The summed E-state index contributed by atoms with van der Waals surface area (Å²) in [5, 5.41) is 0. The first-order chi connectivity index (χ1) is 9.84. The zero-order chi connectivity index (χ0) is 15.7. The molecule has 5 heteroatoms. The number of hydrogen-bond acceptors (Lipinski definition) is 2. The quantitative estimate of drug-likeness (QED) is 0.908. The Labute approximate surface area is 123 Å². The lowest BCUT2D eigenvalue weighted by Crippen LogP contribution is -2.38. The van der Waals surface area contributed by atoms with Crippen LogP contribution in [0.2, 0.25) is 0 Å². The van der Waals surface area contributed by atoms with Crippen molar-refractivity contribution in [2.24, 2.45) is 5.73 Å². The van der Waals surface area contributed by atoms with Crippen LogP contribution in [0.3, 0.4) is 0 Å². The number of rotatable bonds is 4. The van der Waals surface area contributed by atoms with Gasteiger partial charge in [-0.1, -0.05) is 19.3 Å². The molecule has 1 aromatic rings. The molecule has 0 unspecified atom stereocenters. The highest BCUT2D eigenvalue weighted by molar-refractivity contribution is 5.45. The first kappa shape index (κ1) is 16.1. The molecule has 0 bridgehead atoms. The van der Waals surface area contributed by atoms with Crippen LogP contribution < -0.4 is 10.5 Å². The summed E-state index contributed by atoms with van der Waals surface area (Å²) in [5.74, 6) is -3.79. The van der Waals surface area contributed by atoms with Crippen molar-refractivity contribution in [3.05, 3.63) is 29.1 Å². The molecule has 2 N–H and O–H groups in total. The van der Waals surface area contributed by atoms with E-state index >= 15 is 0 Å². The number of alkyl halides is 2. The summed E-state index contributed by atoms with van der Waals surface area (Å²) in [6, 6.07) is 2.23. The fourth-order valence-corrected chi connectivity index (χ4v) is 3.26. The third kappa shape index (κ3) is 3.03. The van der Waals surface area contributed by atoms with Crippen molar-refractivity contribution in [1.29, 1.82) is 0 Å². The molecule has 0 atom stereocenters. The summed E-state index contributed by atoms with van der Waals surface area (Å²) in [4.78, 5) is 0. The molecule has 0 heterocycles. The maximum Gasteiger partial charge on any atom is 0.270 e. The zero-order valence-electron chi connectivity index (χ0n) is 12.5. The Morgan fingerprint density at radius 1 is 1.24 bits per heavy atom. The van der Waals surface area contributed by atoms with Crippen molar-refractivity contribution in [3.8, 4) is 5.75 Å². The summed E-state index contributed by atoms with van der Waals surface area (Å²) in [6.07, 6.45) is 4.58. The predicted octanol–water partition coefficient (Wildman–Crippen LogP) is 4.11. The van der Waals surface area contributed by atoms with Gasteiger partial charge in [0.25, 0.3) is 5.92 Å². The van der Waals surface area contributed by atoms with Crippen LogP contribution >= 0.6 is 0 Å². The molecule has 118 valence electrons. The lowest BCUT2D eigenvalue weighted by atomic mass is 9.68. The van der Waals surface area contributed by atoms with Crippen LogP contribution in [-0.2, 0) is 11.3 Å². The van der Waals surface area contributed by atoms with Gasteiger partial charge in [-0.25, -0.2) is 13.2 Å². The van der Waals surface area contributed by atoms with E-state index in [-0.39, 0.29) is 11.3 Å². The maximum absolute atomic E-state index is 14.2. The van der Waals surface area contributed by atoms with Gasteiger partial charge in [-0.15, -0.1) is 0 Å². The third-order valence-corrected chi connectivity index (χ3v) is 4.53. The first-order valence-corrected chi connectivity index (χ1v) is 7.30. The van der Waals surface area contributed by atoms with Gasteiger partial charge in [-0.05, 0) is 25.0 Å². The minimum atomic E-state index is -3.09. The zero-order valence-corrected chi connectivity index (χ0v) is 12.5. The van der Waals surface area contributed by atoms with Crippen molar-refractivity contribution in [2.45, 2.75) is 50.4 Å². The summed E-state index contributed by atoms with van der Waals surface area (Å²) in [5.41, 5.74) is 5.64. The molecule has 1 aliphatic rings. The van der Waals surface area contributed by atoms with Gasteiger partial charge in [0.05, 0.1) is 7.11 Å². The highest BCUT2D eigenvalue weighted by Crippen LogP contribution is 2.45. The molecule has 0 saturated heterocycles. The van der Waals surface area contributed by atoms with Gasteiger partial charge in [0.15, 0.2) is 11.6 Å². The molecule has 0 radical (unpaired) electrons. The highest BCUT2D eigenvalue weighted by atomic mass is 19.3. The number of hydrogen-bond donors (Lipinski definition) is 1. The van der Waals surface area contributed by atoms with Crippen molar-refractivity contribution in [3.63, 3.8) is 0 Å². The van der Waals surface area contributed by atoms with E-state index in [2.05, 4.69) is 0 Å². The summed E-state index contributed by atoms with van der Waals surface area (Å²) in [7, 11) is 1.36. The lowest BCUT2D eigenvalue weighted by Gasteiger charge is -2.38. The highest BCUT2D eigenvalue weighted by Gasteiger charge is 2.38. The number of ether oxygens (including phenoxy) is 1. The van der Waals surface area contributed by atoms with Gasteiger partial charge in [0.1, 0.15) is 0 Å². The molecular formula is C16H22F3NO. The van der Waals surface area contributed by atoms with Gasteiger partial charge in [0, 0.05) is 30.0 Å². The number of methoxy groups -OCH3 is 1. The number of benzene rings is 1. The van der Waals surface area contributed by atoms with E-state index in [1.54, 1.807) is 0 Å². The summed E-state index contributed by atoms with van der Waals surface area (Å²) < 4.78 is 46.6. The average Bonchev–Trinajstić information content (AvgIpc) is 2.46. The Hall–Kier alpha value is -1.23. The van der Waals surface area contributed by atoms with E-state index in [4.69, 9.17) is 10.5 Å². The smallest absolute Gasteiger partial charge is 0.270 e. The van der Waals surface area contributed by atoms with Crippen LogP contribution in [0, 0.1) is 5.82 Å². The SMILES string of the molecule is COc1c(F)cc(C(C)(F)F)cc1C1(CN)CCCCC1. The van der Waals surface area contributed by atoms with Crippen LogP contribution in [0.4, 0.5) is 13.2 Å². The van der Waals surface area contributed by atoms with E-state index in [0.717, 1.165) is 45.1 Å². The molecule has 2 rings (SSSR count). The molecule has 1 fully saturated rings. The molecule has 1 saturated carbocycles. The van der Waals surface area contributed by atoms with E-state index in [1.807, 2.05) is 0 Å². The van der Waals surface area contributed by atoms with Crippen LogP contribution in [-0.4, -0.2) is 13.7 Å². The maximum atomic E-state index is 14.2. The molecular weight excluding hydrogens is 279 g/mol. The van der Waals surface area contributed by atoms with Gasteiger partial charge >= 0.3 is 0 Å². The Kier molecular flexibility index (Phi) is 4.51. The largest absolute Gasteiger partial charge is 0.493 e. The topological polar surface area (TPSA) is 35.2 Å². The molecule has 1 aromatic carbocycles. The minimum absolute atomic E-state index is 0.0513. The van der Waals surface area contributed by atoms with E-state index in [0.29, 0.717) is 12.1 Å². The standard InChI is InChI=1S/C16H22F3NO/c1-15(18,19)11-8-12(14(21-2)13(17)9-11)16(10-20)6-4-3-5-7-16/h8-9H,3-7,10,20H2,1-2H3. The fraction of sp³-hybridized carbons (Fsp3) is 0.625.